The van der Waals surface area contributed by atoms with Gasteiger partial charge in [0.1, 0.15) is 5.51 Å². The Bertz CT molecular complexity index is 269. The van der Waals surface area contributed by atoms with Crippen molar-refractivity contribution in [3.05, 3.63) is 5.51 Å². The summed E-state index contributed by atoms with van der Waals surface area (Å²) >= 11 is 8.02. The van der Waals surface area contributed by atoms with Gasteiger partial charge in [-0.25, -0.2) is 0 Å². The number of thioether (sulfide) groups is 1. The van der Waals surface area contributed by atoms with Gasteiger partial charge in [-0.15, -0.1) is 10.2 Å². The second-order valence-corrected chi connectivity index (χ2v) is 6.52. The zero-order chi connectivity index (χ0) is 11.9. The van der Waals surface area contributed by atoms with Crippen LogP contribution in [0.3, 0.4) is 0 Å². The third-order valence-corrected chi connectivity index (χ3v) is 5.62. The van der Waals surface area contributed by atoms with E-state index in [9.17, 15) is 0 Å². The lowest BCUT2D eigenvalue weighted by Crippen LogP contribution is -2.25. The van der Waals surface area contributed by atoms with E-state index < -0.39 is 0 Å². The van der Waals surface area contributed by atoms with Crippen LogP contribution in [0.15, 0.2) is 9.85 Å². The van der Waals surface area contributed by atoms with Gasteiger partial charge in [0.25, 0.3) is 0 Å². The van der Waals surface area contributed by atoms with Gasteiger partial charge in [-0.1, -0.05) is 49.8 Å². The summed E-state index contributed by atoms with van der Waals surface area (Å²) in [4.78, 5) is 0. The van der Waals surface area contributed by atoms with Crippen molar-refractivity contribution in [2.24, 2.45) is 5.41 Å². The van der Waals surface area contributed by atoms with E-state index >= 15 is 0 Å². The minimum absolute atomic E-state index is 0.378. The summed E-state index contributed by atoms with van der Waals surface area (Å²) < 4.78 is 1.08. The number of hydrogen-bond donors (Lipinski definition) is 1. The first-order valence-corrected chi connectivity index (χ1v) is 8.26. The van der Waals surface area contributed by atoms with Gasteiger partial charge < -0.3 is 0 Å². The van der Waals surface area contributed by atoms with Gasteiger partial charge in [0.15, 0.2) is 4.34 Å². The fourth-order valence-electron chi connectivity index (χ4n) is 1.97. The van der Waals surface area contributed by atoms with Crippen molar-refractivity contribution >= 4 is 35.7 Å². The first-order valence-electron chi connectivity index (χ1n) is 5.76. The van der Waals surface area contributed by atoms with E-state index in [1.54, 1.807) is 16.8 Å². The predicted molar refractivity (Wildman–Crippen MR) is 76.7 cm³/mol. The number of hydrogen-bond acceptors (Lipinski definition) is 5. The van der Waals surface area contributed by atoms with Crippen molar-refractivity contribution in [2.75, 3.05) is 11.5 Å². The highest BCUT2D eigenvalue weighted by Gasteiger charge is 2.27. The second kappa shape index (κ2) is 7.56. The van der Waals surface area contributed by atoms with Crippen LogP contribution < -0.4 is 0 Å². The minimum atomic E-state index is 0.378. The molecular formula is C11H20N2S3. The molecule has 0 aliphatic heterocycles. The van der Waals surface area contributed by atoms with E-state index in [1.807, 2.05) is 11.8 Å². The monoisotopic (exact) mass is 276 g/mol. The van der Waals surface area contributed by atoms with Crippen LogP contribution in [0, 0.1) is 5.41 Å². The molecule has 0 aliphatic rings. The number of rotatable bonds is 8. The van der Waals surface area contributed by atoms with Gasteiger partial charge in [-0.05, 0) is 24.0 Å². The lowest BCUT2D eigenvalue weighted by atomic mass is 9.83. The molecule has 0 bridgehead atoms. The van der Waals surface area contributed by atoms with Crippen molar-refractivity contribution < 1.29 is 0 Å². The van der Waals surface area contributed by atoms with Gasteiger partial charge in [0, 0.05) is 5.75 Å². The van der Waals surface area contributed by atoms with Crippen LogP contribution in [0.2, 0.25) is 0 Å². The van der Waals surface area contributed by atoms with E-state index in [1.165, 1.54) is 25.7 Å². The van der Waals surface area contributed by atoms with Gasteiger partial charge in [-0.2, -0.15) is 12.6 Å². The normalized spacial score (nSPS) is 11.9. The molecule has 0 N–H and O–H groups in total. The van der Waals surface area contributed by atoms with Crippen LogP contribution in [0.4, 0.5) is 0 Å². The molecule has 0 fully saturated rings. The molecule has 1 rings (SSSR count). The Kier molecular flexibility index (Phi) is 6.77. The topological polar surface area (TPSA) is 25.8 Å². The molecule has 0 saturated carbocycles. The van der Waals surface area contributed by atoms with Gasteiger partial charge in [0.05, 0.1) is 0 Å². The standard InChI is InChI=1S/C11H20N2S3/c1-3-5-11(7-14,6-4-2)8-15-10-13-12-9-16-10/h9,14H,3-8H2,1-2H3. The molecular weight excluding hydrogens is 256 g/mol. The molecule has 0 aliphatic carbocycles. The quantitative estimate of drug-likeness (QED) is 0.570. The summed E-state index contributed by atoms with van der Waals surface area (Å²) in [7, 11) is 0. The Labute approximate surface area is 112 Å². The van der Waals surface area contributed by atoms with Gasteiger partial charge in [-0.3, -0.25) is 0 Å². The first-order chi connectivity index (χ1) is 7.76. The Balaban J connectivity index is 2.54. The molecule has 0 amide bonds. The maximum absolute atomic E-state index is 4.55. The average Bonchev–Trinajstić information content (AvgIpc) is 2.79. The largest absolute Gasteiger partial charge is 0.179 e. The van der Waals surface area contributed by atoms with Crippen molar-refractivity contribution in [3.63, 3.8) is 0 Å². The molecule has 0 saturated heterocycles. The fraction of sp³-hybridized carbons (Fsp3) is 0.818. The molecule has 0 radical (unpaired) electrons. The smallest absolute Gasteiger partial charge is 0.174 e. The first kappa shape index (κ1) is 14.3. The third-order valence-electron chi connectivity index (χ3n) is 2.74. The Morgan fingerprint density at radius 1 is 1.38 bits per heavy atom. The van der Waals surface area contributed by atoms with Crippen molar-refractivity contribution in [1.29, 1.82) is 0 Å². The summed E-state index contributed by atoms with van der Waals surface area (Å²) in [6.07, 6.45) is 4.99. The lowest BCUT2D eigenvalue weighted by molar-refractivity contribution is 0.318. The Morgan fingerprint density at radius 3 is 2.50 bits per heavy atom. The highest BCUT2D eigenvalue weighted by atomic mass is 32.2. The number of nitrogens with zero attached hydrogens (tertiary/aromatic N) is 2. The molecule has 0 spiro atoms. The molecule has 0 unspecified atom stereocenters. The summed E-state index contributed by atoms with van der Waals surface area (Å²) in [5, 5.41) is 7.95. The molecule has 1 aromatic heterocycles. The molecule has 2 nitrogen and oxygen atoms in total. The maximum Gasteiger partial charge on any atom is 0.174 e. The number of aromatic nitrogens is 2. The van der Waals surface area contributed by atoms with Crippen molar-refractivity contribution in [3.8, 4) is 0 Å². The van der Waals surface area contributed by atoms with Crippen molar-refractivity contribution in [2.45, 2.75) is 43.9 Å². The summed E-state index contributed by atoms with van der Waals surface area (Å²) in [6, 6.07) is 0. The number of thiol groups is 1. The molecule has 0 aromatic carbocycles. The van der Waals surface area contributed by atoms with Crippen molar-refractivity contribution in [1.82, 2.24) is 10.2 Å². The molecule has 1 heterocycles. The maximum atomic E-state index is 4.55. The molecule has 0 atom stereocenters. The average molecular weight is 276 g/mol. The third kappa shape index (κ3) is 4.26. The SMILES string of the molecule is CCCC(CS)(CCC)CSc1nncs1. The van der Waals surface area contributed by atoms with Gasteiger partial charge in [0.2, 0.25) is 0 Å². The lowest BCUT2D eigenvalue weighted by Gasteiger charge is -2.31. The predicted octanol–water partition coefficient (Wildman–Crippen LogP) is 4.15. The highest BCUT2D eigenvalue weighted by molar-refractivity contribution is 8.01. The molecule has 92 valence electrons. The summed E-state index contributed by atoms with van der Waals surface area (Å²) in [6.45, 7) is 4.51. The van der Waals surface area contributed by atoms with Crippen LogP contribution in [0.5, 0.6) is 0 Å². The van der Waals surface area contributed by atoms with Crippen LogP contribution in [-0.4, -0.2) is 21.7 Å². The van der Waals surface area contributed by atoms with Crippen LogP contribution in [0.1, 0.15) is 39.5 Å². The molecule has 1 aromatic rings. The molecule has 16 heavy (non-hydrogen) atoms. The van der Waals surface area contributed by atoms with E-state index in [-0.39, 0.29) is 0 Å². The Morgan fingerprint density at radius 2 is 2.06 bits per heavy atom. The molecule has 5 heteroatoms. The summed E-state index contributed by atoms with van der Waals surface area (Å²) in [5.74, 6) is 2.09. The van der Waals surface area contributed by atoms with Crippen LogP contribution >= 0.6 is 35.7 Å². The zero-order valence-electron chi connectivity index (χ0n) is 9.98. The van der Waals surface area contributed by atoms with E-state index in [4.69, 9.17) is 0 Å². The highest BCUT2D eigenvalue weighted by Crippen LogP contribution is 2.37. The Hall–Kier alpha value is 0.260. The van der Waals surface area contributed by atoms with Crippen LogP contribution in [0.25, 0.3) is 0 Å². The van der Waals surface area contributed by atoms with Gasteiger partial charge >= 0.3 is 0 Å². The van der Waals surface area contributed by atoms with E-state index in [0.717, 1.165) is 15.8 Å². The zero-order valence-corrected chi connectivity index (χ0v) is 12.5. The van der Waals surface area contributed by atoms with E-state index in [2.05, 4.69) is 36.7 Å². The second-order valence-electron chi connectivity index (χ2n) is 4.15. The fourth-order valence-corrected chi connectivity index (χ4v) is 4.34. The minimum Gasteiger partial charge on any atom is -0.179 e. The summed E-state index contributed by atoms with van der Waals surface area (Å²) in [5.41, 5.74) is 2.17. The van der Waals surface area contributed by atoms with E-state index in [0.29, 0.717) is 5.41 Å². The van der Waals surface area contributed by atoms with Crippen LogP contribution in [-0.2, 0) is 0 Å².